The van der Waals surface area contributed by atoms with Gasteiger partial charge in [0.25, 0.3) is 5.88 Å². The maximum atomic E-state index is 14.4. The number of hydrogen-bond acceptors (Lipinski definition) is 6. The summed E-state index contributed by atoms with van der Waals surface area (Å²) in [6.45, 7) is 0. The number of fused-ring (bicyclic) bond motifs is 1. The first kappa shape index (κ1) is 23.4. The highest BCUT2D eigenvalue weighted by molar-refractivity contribution is 5.86. The Hall–Kier alpha value is -3.34. The molecule has 5 rings (SSSR count). The van der Waals surface area contributed by atoms with Crippen LogP contribution in [0.15, 0.2) is 43.0 Å². The average molecular weight is 491 g/mol. The topological polar surface area (TPSA) is 67.2 Å². The van der Waals surface area contributed by atoms with Crippen molar-refractivity contribution in [2.75, 3.05) is 19.4 Å². The average Bonchev–Trinajstić information content (AvgIpc) is 3.43. The van der Waals surface area contributed by atoms with Gasteiger partial charge in [0.2, 0.25) is 0 Å². The van der Waals surface area contributed by atoms with Crippen molar-refractivity contribution >= 4 is 16.7 Å². The Morgan fingerprint density at radius 1 is 1.17 bits per heavy atom. The Balaban J connectivity index is 1.35. The van der Waals surface area contributed by atoms with Crippen LogP contribution in [-0.4, -0.2) is 39.7 Å². The van der Waals surface area contributed by atoms with Crippen LogP contribution in [0.4, 0.5) is 23.4 Å². The first-order valence-corrected chi connectivity index (χ1v) is 11.5. The molecule has 1 aliphatic carbocycles. The van der Waals surface area contributed by atoms with E-state index in [0.29, 0.717) is 18.9 Å². The summed E-state index contributed by atoms with van der Waals surface area (Å²) in [4.78, 5) is 8.20. The molecular formula is C24H26F4N6O. The zero-order valence-electron chi connectivity index (χ0n) is 19.3. The van der Waals surface area contributed by atoms with Crippen molar-refractivity contribution in [1.29, 1.82) is 0 Å². The number of pyridine rings is 2. The molecule has 4 heterocycles. The highest BCUT2D eigenvalue weighted by Crippen LogP contribution is 2.39. The number of hydrogen-bond donors (Lipinski definition) is 2. The molecule has 0 aromatic carbocycles. The van der Waals surface area contributed by atoms with E-state index in [0.717, 1.165) is 41.3 Å². The number of ether oxygens (including phenoxy) is 1. The van der Waals surface area contributed by atoms with Crippen LogP contribution in [0.2, 0.25) is 0 Å². The Kier molecular flexibility index (Phi) is 6.04. The molecule has 0 amide bonds. The Morgan fingerprint density at radius 3 is 2.60 bits per heavy atom. The second-order valence-electron chi connectivity index (χ2n) is 8.91. The highest BCUT2D eigenvalue weighted by Gasteiger charge is 2.36. The second kappa shape index (κ2) is 9.03. The van der Waals surface area contributed by atoms with Gasteiger partial charge in [0, 0.05) is 61.9 Å². The number of hydrazine groups is 1. The normalized spacial score (nSPS) is 22.7. The fraction of sp³-hybridized carbons (Fsp3) is 0.417. The molecule has 3 aromatic rings. The summed E-state index contributed by atoms with van der Waals surface area (Å²) in [5, 5.41) is 6.05. The lowest BCUT2D eigenvalue weighted by Crippen LogP contribution is -2.27. The van der Waals surface area contributed by atoms with E-state index in [1.54, 1.807) is 0 Å². The van der Waals surface area contributed by atoms with Gasteiger partial charge in [-0.2, -0.15) is 13.2 Å². The van der Waals surface area contributed by atoms with E-state index in [1.165, 1.54) is 0 Å². The maximum absolute atomic E-state index is 14.4. The van der Waals surface area contributed by atoms with E-state index >= 15 is 0 Å². The van der Waals surface area contributed by atoms with Crippen LogP contribution in [-0.2, 0) is 6.18 Å². The van der Waals surface area contributed by atoms with Gasteiger partial charge in [-0.3, -0.25) is 0 Å². The summed E-state index contributed by atoms with van der Waals surface area (Å²) < 4.78 is 61.2. The summed E-state index contributed by atoms with van der Waals surface area (Å²) in [7, 11) is 3.76. The number of rotatable bonds is 5. The molecule has 0 bridgehead atoms. The lowest BCUT2D eigenvalue weighted by atomic mass is 9.92. The van der Waals surface area contributed by atoms with Crippen molar-refractivity contribution in [2.24, 2.45) is 0 Å². The SMILES string of the molecule is CNc1cc2c(cn1)c(C1C=CN(C)N1)cn2[C@H]1CC[C@@H](Oc2nccc(C(F)(F)F)c2F)CC1. The van der Waals surface area contributed by atoms with Gasteiger partial charge in [0.15, 0.2) is 5.82 Å². The molecule has 1 fully saturated rings. The Bertz CT molecular complexity index is 1250. The van der Waals surface area contributed by atoms with Crippen molar-refractivity contribution in [3.8, 4) is 5.88 Å². The van der Waals surface area contributed by atoms with E-state index in [2.05, 4.69) is 37.6 Å². The minimum Gasteiger partial charge on any atom is -0.472 e. The van der Waals surface area contributed by atoms with E-state index in [4.69, 9.17) is 4.74 Å². The number of nitrogens with one attached hydrogen (secondary N) is 2. The molecule has 11 heteroatoms. The van der Waals surface area contributed by atoms with Crippen LogP contribution >= 0.6 is 0 Å². The van der Waals surface area contributed by atoms with Crippen LogP contribution in [0.5, 0.6) is 5.88 Å². The van der Waals surface area contributed by atoms with Crippen LogP contribution < -0.4 is 15.5 Å². The fourth-order valence-corrected chi connectivity index (χ4v) is 4.87. The third-order valence-corrected chi connectivity index (χ3v) is 6.66. The number of anilines is 1. The molecule has 2 aliphatic rings. The van der Waals surface area contributed by atoms with Gasteiger partial charge in [-0.25, -0.2) is 19.8 Å². The molecule has 0 spiro atoms. The zero-order valence-corrected chi connectivity index (χ0v) is 19.3. The van der Waals surface area contributed by atoms with Crippen molar-refractivity contribution in [3.05, 3.63) is 59.9 Å². The van der Waals surface area contributed by atoms with Crippen molar-refractivity contribution in [3.63, 3.8) is 0 Å². The molecule has 7 nitrogen and oxygen atoms in total. The van der Waals surface area contributed by atoms with E-state index in [-0.39, 0.29) is 12.1 Å². The summed E-state index contributed by atoms with van der Waals surface area (Å²) in [5.74, 6) is -1.29. The van der Waals surface area contributed by atoms with Crippen molar-refractivity contribution in [1.82, 2.24) is 25.0 Å². The second-order valence-corrected chi connectivity index (χ2v) is 8.91. The van der Waals surface area contributed by atoms with E-state index < -0.39 is 29.5 Å². The molecule has 0 radical (unpaired) electrons. The third-order valence-electron chi connectivity index (χ3n) is 6.66. The quantitative estimate of drug-likeness (QED) is 0.480. The number of nitrogens with zero attached hydrogens (tertiary/aromatic N) is 4. The van der Waals surface area contributed by atoms with Gasteiger partial charge >= 0.3 is 6.18 Å². The van der Waals surface area contributed by atoms with Gasteiger partial charge in [0.05, 0.1) is 17.1 Å². The predicted octanol–water partition coefficient (Wildman–Crippen LogP) is 5.20. The lowest BCUT2D eigenvalue weighted by molar-refractivity contribution is -0.140. The van der Waals surface area contributed by atoms with Crippen LogP contribution in [0.1, 0.15) is 48.9 Å². The summed E-state index contributed by atoms with van der Waals surface area (Å²) in [6, 6.07) is 2.83. The number of halogens is 4. The summed E-state index contributed by atoms with van der Waals surface area (Å²) in [6.07, 6.45) is 6.44. The zero-order chi connectivity index (χ0) is 24.7. The molecule has 0 saturated heterocycles. The smallest absolute Gasteiger partial charge is 0.419 e. The van der Waals surface area contributed by atoms with Crippen LogP contribution in [0.25, 0.3) is 10.9 Å². The van der Waals surface area contributed by atoms with Gasteiger partial charge in [0.1, 0.15) is 11.9 Å². The van der Waals surface area contributed by atoms with E-state index in [1.807, 2.05) is 37.6 Å². The number of aromatic nitrogens is 3. The molecule has 3 aromatic heterocycles. The minimum atomic E-state index is -4.80. The van der Waals surface area contributed by atoms with Crippen molar-refractivity contribution in [2.45, 2.75) is 50.0 Å². The molecule has 35 heavy (non-hydrogen) atoms. The standard InChI is InChI=1S/C24H26F4N6O/c1-29-21-11-20-16(12-31-21)17(19-8-10-33(2)32-19)13-34(20)14-3-5-15(6-4-14)35-23-22(25)18(7-9-30-23)24(26,27)28/h7-15,19,32H,3-6H2,1-2H3,(H,29,31)/t14-,15+,19?. The molecule has 186 valence electrons. The first-order valence-electron chi connectivity index (χ1n) is 11.5. The van der Waals surface area contributed by atoms with Crippen LogP contribution in [0.3, 0.4) is 0 Å². The molecule has 1 atom stereocenters. The van der Waals surface area contributed by atoms with Gasteiger partial charge in [-0.05, 0) is 37.8 Å². The van der Waals surface area contributed by atoms with Crippen molar-refractivity contribution < 1.29 is 22.3 Å². The Morgan fingerprint density at radius 2 is 1.94 bits per heavy atom. The molecule has 2 N–H and O–H groups in total. The number of alkyl halides is 3. The molecule has 1 saturated carbocycles. The largest absolute Gasteiger partial charge is 0.472 e. The minimum absolute atomic E-state index is 0.0283. The molecule has 1 unspecified atom stereocenters. The first-order chi connectivity index (χ1) is 16.7. The highest BCUT2D eigenvalue weighted by atomic mass is 19.4. The summed E-state index contributed by atoms with van der Waals surface area (Å²) >= 11 is 0. The van der Waals surface area contributed by atoms with Gasteiger partial charge in [-0.15, -0.1) is 0 Å². The van der Waals surface area contributed by atoms with Gasteiger partial charge in [-0.1, -0.05) is 0 Å². The van der Waals surface area contributed by atoms with E-state index in [9.17, 15) is 17.6 Å². The van der Waals surface area contributed by atoms with Gasteiger partial charge < -0.3 is 19.6 Å². The monoisotopic (exact) mass is 490 g/mol. The maximum Gasteiger partial charge on any atom is 0.419 e. The molecule has 1 aliphatic heterocycles. The predicted molar refractivity (Wildman–Crippen MR) is 123 cm³/mol. The Labute approximate surface area is 199 Å². The fourth-order valence-electron chi connectivity index (χ4n) is 4.87. The third kappa shape index (κ3) is 4.52. The lowest BCUT2D eigenvalue weighted by Gasteiger charge is -2.30. The summed E-state index contributed by atoms with van der Waals surface area (Å²) in [5.41, 5.74) is 4.19. The molecular weight excluding hydrogens is 464 g/mol. The van der Waals surface area contributed by atoms with Crippen LogP contribution in [0, 0.1) is 5.82 Å².